The number of hydrogen-bond donors (Lipinski definition) is 3. The summed E-state index contributed by atoms with van der Waals surface area (Å²) in [4.78, 5) is 27.3. The second kappa shape index (κ2) is 6.23. The Kier molecular flexibility index (Phi) is 4.14. The van der Waals surface area contributed by atoms with E-state index in [1.807, 2.05) is 17.9 Å². The van der Waals surface area contributed by atoms with Crippen LogP contribution in [0, 0.1) is 12.7 Å². The van der Waals surface area contributed by atoms with Crippen molar-refractivity contribution in [2.24, 2.45) is 0 Å². The molecule has 3 rings (SSSR count). The zero-order chi connectivity index (χ0) is 16.4. The van der Waals surface area contributed by atoms with Gasteiger partial charge in [0.1, 0.15) is 5.82 Å². The number of carbonyl (C=O) groups excluding carboxylic acids is 1. The summed E-state index contributed by atoms with van der Waals surface area (Å²) in [5.41, 5.74) is 1.01. The molecule has 7 nitrogen and oxygen atoms in total. The number of anilines is 1. The van der Waals surface area contributed by atoms with E-state index in [1.165, 1.54) is 6.07 Å². The zero-order valence-corrected chi connectivity index (χ0v) is 12.7. The summed E-state index contributed by atoms with van der Waals surface area (Å²) in [7, 11) is 0. The number of benzene rings is 1. The Morgan fingerprint density at radius 2 is 2.30 bits per heavy atom. The maximum absolute atomic E-state index is 14.0. The Labute approximate surface area is 131 Å². The largest absolute Gasteiger partial charge is 0.367 e. The highest BCUT2D eigenvalue weighted by Crippen LogP contribution is 2.24. The molecule has 1 saturated heterocycles. The maximum Gasteiger partial charge on any atom is 0.341 e. The molecule has 1 aromatic heterocycles. The van der Waals surface area contributed by atoms with Crippen LogP contribution in [0.4, 0.5) is 10.1 Å². The molecular formula is C15H18FN5O2. The molecule has 0 spiro atoms. The van der Waals surface area contributed by atoms with Crippen LogP contribution in [0.5, 0.6) is 0 Å². The van der Waals surface area contributed by atoms with E-state index in [1.54, 1.807) is 6.07 Å². The molecule has 0 radical (unpaired) electrons. The minimum Gasteiger partial charge on any atom is -0.367 e. The van der Waals surface area contributed by atoms with Gasteiger partial charge in [-0.2, -0.15) is 0 Å². The summed E-state index contributed by atoms with van der Waals surface area (Å²) in [6.45, 7) is 3.17. The minimum absolute atomic E-state index is 0.0474. The molecule has 1 aliphatic rings. The van der Waals surface area contributed by atoms with E-state index in [0.29, 0.717) is 12.2 Å². The fraction of sp³-hybridized carbons (Fsp3) is 0.400. The first-order chi connectivity index (χ1) is 11.0. The Hall–Kier alpha value is -2.64. The lowest BCUT2D eigenvalue weighted by atomic mass is 10.0. The second-order valence-electron chi connectivity index (χ2n) is 5.74. The topological polar surface area (TPSA) is 93.9 Å². The summed E-state index contributed by atoms with van der Waals surface area (Å²) >= 11 is 0. The Balaban J connectivity index is 1.69. The third kappa shape index (κ3) is 3.41. The lowest BCUT2D eigenvalue weighted by molar-refractivity contribution is 0.0923. The molecule has 2 aromatic rings. The standard InChI is InChI=1S/C15H18FN5O2/c1-9-4-5-11(16)12(7-9)21-6-2-3-10(8-21)17-14(22)13-18-15(23)20-19-13/h4-5,7,10H,2-3,6,8H2,1H3,(H,17,22)(H2,18,19,20,23). The number of halogens is 1. The van der Waals surface area contributed by atoms with E-state index >= 15 is 0 Å². The predicted molar refractivity (Wildman–Crippen MR) is 83.0 cm³/mol. The van der Waals surface area contributed by atoms with Crippen molar-refractivity contribution in [3.05, 3.63) is 45.9 Å². The quantitative estimate of drug-likeness (QED) is 0.785. The average Bonchev–Trinajstić information content (AvgIpc) is 2.97. The highest BCUT2D eigenvalue weighted by atomic mass is 19.1. The molecule has 0 bridgehead atoms. The first-order valence-electron chi connectivity index (χ1n) is 7.49. The van der Waals surface area contributed by atoms with Crippen LogP contribution in [0.3, 0.4) is 0 Å². The van der Waals surface area contributed by atoms with Gasteiger partial charge in [0, 0.05) is 19.1 Å². The van der Waals surface area contributed by atoms with Crippen LogP contribution in [0.1, 0.15) is 29.0 Å². The van der Waals surface area contributed by atoms with E-state index in [9.17, 15) is 14.0 Å². The van der Waals surface area contributed by atoms with E-state index in [0.717, 1.165) is 24.9 Å². The number of hydrogen-bond acceptors (Lipinski definition) is 4. The van der Waals surface area contributed by atoms with E-state index < -0.39 is 11.6 Å². The van der Waals surface area contributed by atoms with Gasteiger partial charge in [-0.15, -0.1) is 5.10 Å². The molecule has 0 saturated carbocycles. The maximum atomic E-state index is 14.0. The van der Waals surface area contributed by atoms with Gasteiger partial charge < -0.3 is 10.2 Å². The lowest BCUT2D eigenvalue weighted by Gasteiger charge is -2.35. The van der Waals surface area contributed by atoms with Crippen molar-refractivity contribution in [2.45, 2.75) is 25.8 Å². The van der Waals surface area contributed by atoms with Gasteiger partial charge in [-0.05, 0) is 37.5 Å². The summed E-state index contributed by atoms with van der Waals surface area (Å²) in [5, 5.41) is 8.59. The fourth-order valence-electron chi connectivity index (χ4n) is 2.81. The second-order valence-corrected chi connectivity index (χ2v) is 5.74. The third-order valence-electron chi connectivity index (χ3n) is 3.92. The minimum atomic E-state index is -0.526. The molecule has 3 N–H and O–H groups in total. The number of aromatic amines is 2. The molecule has 0 aliphatic carbocycles. The third-order valence-corrected chi connectivity index (χ3v) is 3.92. The zero-order valence-electron chi connectivity index (χ0n) is 12.7. The molecule has 1 unspecified atom stereocenters. The molecule has 1 fully saturated rings. The normalized spacial score (nSPS) is 18.0. The average molecular weight is 319 g/mol. The van der Waals surface area contributed by atoms with E-state index in [-0.39, 0.29) is 17.7 Å². The summed E-state index contributed by atoms with van der Waals surface area (Å²) in [6.07, 6.45) is 1.64. The first-order valence-corrected chi connectivity index (χ1v) is 7.49. The molecule has 122 valence electrons. The molecule has 1 aliphatic heterocycles. The van der Waals surface area contributed by atoms with Gasteiger partial charge in [0.05, 0.1) is 5.69 Å². The van der Waals surface area contributed by atoms with Crippen LogP contribution in [0.25, 0.3) is 0 Å². The van der Waals surface area contributed by atoms with Crippen molar-refractivity contribution in [1.29, 1.82) is 0 Å². The van der Waals surface area contributed by atoms with Gasteiger partial charge in [0.15, 0.2) is 0 Å². The van der Waals surface area contributed by atoms with Crippen LogP contribution < -0.4 is 15.9 Å². The number of aryl methyl sites for hydroxylation is 1. The van der Waals surface area contributed by atoms with E-state index in [2.05, 4.69) is 20.5 Å². The van der Waals surface area contributed by atoms with Crippen molar-refractivity contribution in [2.75, 3.05) is 18.0 Å². The Bertz CT molecular complexity index is 769. The summed E-state index contributed by atoms with van der Waals surface area (Å²) < 4.78 is 14.0. The molecule has 1 amide bonds. The van der Waals surface area contributed by atoms with Crippen LogP contribution in [-0.2, 0) is 0 Å². The van der Waals surface area contributed by atoms with Crippen LogP contribution in [-0.4, -0.2) is 40.2 Å². The summed E-state index contributed by atoms with van der Waals surface area (Å²) in [6, 6.07) is 4.87. The molecular weight excluding hydrogens is 301 g/mol. The summed E-state index contributed by atoms with van der Waals surface area (Å²) in [5.74, 6) is -0.756. The van der Waals surface area contributed by atoms with Gasteiger partial charge in [-0.1, -0.05) is 6.07 Å². The molecule has 1 aromatic carbocycles. The Morgan fingerprint density at radius 1 is 1.48 bits per heavy atom. The number of rotatable bonds is 3. The molecule has 2 heterocycles. The van der Waals surface area contributed by atoms with Gasteiger partial charge in [0.25, 0.3) is 5.91 Å². The number of amides is 1. The predicted octanol–water partition coefficient (Wildman–Crippen LogP) is 0.944. The number of carbonyl (C=O) groups is 1. The highest BCUT2D eigenvalue weighted by molar-refractivity contribution is 5.90. The molecule has 23 heavy (non-hydrogen) atoms. The molecule has 1 atom stereocenters. The SMILES string of the molecule is Cc1ccc(F)c(N2CCCC(NC(=O)c3n[nH]c(=O)[nH]3)C2)c1. The monoisotopic (exact) mass is 319 g/mol. The number of H-pyrrole nitrogens is 2. The van der Waals surface area contributed by atoms with Crippen LogP contribution >= 0.6 is 0 Å². The van der Waals surface area contributed by atoms with Crippen molar-refractivity contribution >= 4 is 11.6 Å². The van der Waals surface area contributed by atoms with Gasteiger partial charge in [-0.25, -0.2) is 14.3 Å². The lowest BCUT2D eigenvalue weighted by Crippen LogP contribution is -2.48. The van der Waals surface area contributed by atoms with Gasteiger partial charge in [0.2, 0.25) is 5.82 Å². The van der Waals surface area contributed by atoms with Gasteiger partial charge in [-0.3, -0.25) is 9.78 Å². The van der Waals surface area contributed by atoms with Gasteiger partial charge >= 0.3 is 5.69 Å². The molecule has 8 heteroatoms. The smallest absolute Gasteiger partial charge is 0.341 e. The van der Waals surface area contributed by atoms with Crippen molar-refractivity contribution in [3.63, 3.8) is 0 Å². The van der Waals surface area contributed by atoms with Crippen molar-refractivity contribution in [1.82, 2.24) is 20.5 Å². The highest BCUT2D eigenvalue weighted by Gasteiger charge is 2.24. The van der Waals surface area contributed by atoms with Crippen molar-refractivity contribution in [3.8, 4) is 0 Å². The fourth-order valence-corrected chi connectivity index (χ4v) is 2.81. The number of aromatic nitrogens is 3. The van der Waals surface area contributed by atoms with E-state index in [4.69, 9.17) is 0 Å². The van der Waals surface area contributed by atoms with Crippen LogP contribution in [0.2, 0.25) is 0 Å². The van der Waals surface area contributed by atoms with Crippen LogP contribution in [0.15, 0.2) is 23.0 Å². The Morgan fingerprint density at radius 3 is 3.04 bits per heavy atom. The number of piperidine rings is 1. The first kappa shape index (κ1) is 15.3. The number of nitrogens with zero attached hydrogens (tertiary/aromatic N) is 2. The number of nitrogens with one attached hydrogen (secondary N) is 3. The van der Waals surface area contributed by atoms with Crippen molar-refractivity contribution < 1.29 is 9.18 Å².